The predicted molar refractivity (Wildman–Crippen MR) is 90.7 cm³/mol. The Hall–Kier alpha value is -3.33. The molecule has 0 heterocycles. The minimum absolute atomic E-state index is 0.00599. The van der Waals surface area contributed by atoms with Crippen LogP contribution in [0.2, 0.25) is 0 Å². The van der Waals surface area contributed by atoms with Gasteiger partial charge in [-0.25, -0.2) is 4.79 Å². The second-order valence-corrected chi connectivity index (χ2v) is 4.86. The third-order valence-electron chi connectivity index (χ3n) is 3.14. The monoisotopic (exact) mass is 323 g/mol. The van der Waals surface area contributed by atoms with Crippen molar-refractivity contribution in [2.24, 2.45) is 0 Å². The van der Waals surface area contributed by atoms with Crippen LogP contribution in [0.5, 0.6) is 0 Å². The van der Waals surface area contributed by atoms with Gasteiger partial charge in [-0.2, -0.15) is 5.26 Å². The van der Waals surface area contributed by atoms with E-state index in [4.69, 9.17) is 10.00 Å². The first kappa shape index (κ1) is 17.0. The minimum Gasteiger partial charge on any atom is -0.462 e. The van der Waals surface area contributed by atoms with E-state index in [2.05, 4.69) is 10.6 Å². The summed E-state index contributed by atoms with van der Waals surface area (Å²) in [6, 6.07) is 15.5. The first-order valence-corrected chi connectivity index (χ1v) is 7.44. The number of carbonyl (C=O) groups excluding carboxylic acids is 2. The van der Waals surface area contributed by atoms with Gasteiger partial charge in [0.25, 0.3) is 0 Å². The zero-order valence-corrected chi connectivity index (χ0v) is 13.2. The summed E-state index contributed by atoms with van der Waals surface area (Å²) >= 11 is 0. The lowest BCUT2D eigenvalue weighted by molar-refractivity contribution is -0.114. The van der Waals surface area contributed by atoms with E-state index in [1.165, 1.54) is 0 Å². The Labute approximate surface area is 140 Å². The molecule has 1 amide bonds. The van der Waals surface area contributed by atoms with E-state index in [1.54, 1.807) is 55.5 Å². The Morgan fingerprint density at radius 3 is 2.71 bits per heavy atom. The van der Waals surface area contributed by atoms with E-state index in [-0.39, 0.29) is 19.1 Å². The van der Waals surface area contributed by atoms with Crippen LogP contribution in [0.1, 0.15) is 22.8 Å². The molecule has 2 rings (SSSR count). The molecule has 6 nitrogen and oxygen atoms in total. The number of nitrogens with one attached hydrogen (secondary N) is 2. The summed E-state index contributed by atoms with van der Waals surface area (Å²) < 4.78 is 4.97. The number of esters is 1. The fraction of sp³-hybridized carbons (Fsp3) is 0.167. The molecule has 0 saturated carbocycles. The number of carbonyl (C=O) groups is 2. The van der Waals surface area contributed by atoms with Crippen LogP contribution in [0, 0.1) is 11.3 Å². The molecule has 0 aliphatic heterocycles. The first-order valence-electron chi connectivity index (χ1n) is 7.44. The third-order valence-corrected chi connectivity index (χ3v) is 3.14. The molecule has 0 spiro atoms. The molecule has 6 heteroatoms. The second kappa shape index (κ2) is 8.34. The van der Waals surface area contributed by atoms with Crippen molar-refractivity contribution in [2.75, 3.05) is 23.8 Å². The summed E-state index contributed by atoms with van der Waals surface area (Å²) in [6.07, 6.45) is 0. The van der Waals surface area contributed by atoms with Crippen LogP contribution >= 0.6 is 0 Å². The molecule has 2 aromatic rings. The molecule has 0 aliphatic rings. The number of amides is 1. The average molecular weight is 323 g/mol. The maximum Gasteiger partial charge on any atom is 0.340 e. The molecule has 0 unspecified atom stereocenters. The van der Waals surface area contributed by atoms with Crippen molar-refractivity contribution in [3.63, 3.8) is 0 Å². The van der Waals surface area contributed by atoms with Crippen LogP contribution < -0.4 is 10.6 Å². The van der Waals surface area contributed by atoms with E-state index in [1.807, 2.05) is 6.07 Å². The largest absolute Gasteiger partial charge is 0.462 e. The standard InChI is InChI=1S/C18H17N3O3/c1-2-24-18(23)15-8-3-4-9-16(15)21-17(22)12-20-14-7-5-6-13(10-14)11-19/h3-10,20H,2,12H2,1H3,(H,21,22). The Bertz CT molecular complexity index is 781. The van der Waals surface area contributed by atoms with Crippen LogP contribution in [-0.4, -0.2) is 25.0 Å². The van der Waals surface area contributed by atoms with E-state index >= 15 is 0 Å². The van der Waals surface area contributed by atoms with Gasteiger partial charge in [0, 0.05) is 5.69 Å². The van der Waals surface area contributed by atoms with E-state index in [9.17, 15) is 9.59 Å². The SMILES string of the molecule is CCOC(=O)c1ccccc1NC(=O)CNc1cccc(C#N)c1. The summed E-state index contributed by atoms with van der Waals surface area (Å²) in [5, 5.41) is 14.5. The van der Waals surface area contributed by atoms with E-state index in [0.29, 0.717) is 22.5 Å². The first-order chi connectivity index (χ1) is 11.6. The maximum atomic E-state index is 12.1. The molecule has 0 aromatic heterocycles. The highest BCUT2D eigenvalue weighted by Crippen LogP contribution is 2.16. The number of ether oxygens (including phenoxy) is 1. The second-order valence-electron chi connectivity index (χ2n) is 4.86. The summed E-state index contributed by atoms with van der Waals surface area (Å²) in [6.45, 7) is 1.99. The quantitative estimate of drug-likeness (QED) is 0.798. The van der Waals surface area contributed by atoms with Crippen LogP contribution in [0.15, 0.2) is 48.5 Å². The molecule has 122 valence electrons. The zero-order valence-electron chi connectivity index (χ0n) is 13.2. The summed E-state index contributed by atoms with van der Waals surface area (Å²) in [5.41, 5.74) is 1.88. The fourth-order valence-electron chi connectivity index (χ4n) is 2.05. The Morgan fingerprint density at radius 2 is 1.96 bits per heavy atom. The van der Waals surface area contributed by atoms with Gasteiger partial charge in [-0.05, 0) is 37.3 Å². The van der Waals surface area contributed by atoms with Gasteiger partial charge >= 0.3 is 5.97 Å². The molecular weight excluding hydrogens is 306 g/mol. The van der Waals surface area contributed by atoms with Gasteiger partial charge in [-0.3, -0.25) is 4.79 Å². The maximum absolute atomic E-state index is 12.1. The number of nitrogens with zero attached hydrogens (tertiary/aromatic N) is 1. The van der Waals surface area contributed by atoms with Crippen molar-refractivity contribution in [2.45, 2.75) is 6.92 Å². The van der Waals surface area contributed by atoms with Crippen molar-refractivity contribution >= 4 is 23.3 Å². The normalized spacial score (nSPS) is 9.67. The minimum atomic E-state index is -0.483. The van der Waals surface area contributed by atoms with Crippen molar-refractivity contribution in [3.8, 4) is 6.07 Å². The predicted octanol–water partition coefficient (Wildman–Crippen LogP) is 2.79. The van der Waals surface area contributed by atoms with Gasteiger partial charge in [0.05, 0.1) is 36.0 Å². The number of para-hydroxylation sites is 1. The number of benzene rings is 2. The van der Waals surface area contributed by atoms with Gasteiger partial charge in [-0.15, -0.1) is 0 Å². The van der Waals surface area contributed by atoms with Crippen molar-refractivity contribution in [3.05, 3.63) is 59.7 Å². The van der Waals surface area contributed by atoms with Crippen LogP contribution in [0.25, 0.3) is 0 Å². The average Bonchev–Trinajstić information content (AvgIpc) is 2.61. The van der Waals surface area contributed by atoms with Crippen LogP contribution in [0.4, 0.5) is 11.4 Å². The van der Waals surface area contributed by atoms with Gasteiger partial charge in [0.15, 0.2) is 0 Å². The molecule has 2 aromatic carbocycles. The molecule has 2 N–H and O–H groups in total. The molecular formula is C18H17N3O3. The fourth-order valence-corrected chi connectivity index (χ4v) is 2.05. The smallest absolute Gasteiger partial charge is 0.340 e. The zero-order chi connectivity index (χ0) is 17.4. The number of hydrogen-bond acceptors (Lipinski definition) is 5. The molecule has 0 aliphatic carbocycles. The Kier molecular flexibility index (Phi) is 5.92. The lowest BCUT2D eigenvalue weighted by atomic mass is 10.2. The van der Waals surface area contributed by atoms with Crippen LogP contribution in [0.3, 0.4) is 0 Å². The third kappa shape index (κ3) is 4.58. The molecule has 0 bridgehead atoms. The lowest BCUT2D eigenvalue weighted by Crippen LogP contribution is -2.23. The van der Waals surface area contributed by atoms with Crippen molar-refractivity contribution < 1.29 is 14.3 Å². The van der Waals surface area contributed by atoms with Gasteiger partial charge in [0.2, 0.25) is 5.91 Å². The molecule has 0 radical (unpaired) electrons. The summed E-state index contributed by atoms with van der Waals surface area (Å²) in [7, 11) is 0. The number of rotatable bonds is 6. The van der Waals surface area contributed by atoms with Gasteiger partial charge in [-0.1, -0.05) is 18.2 Å². The van der Waals surface area contributed by atoms with Gasteiger partial charge < -0.3 is 15.4 Å². The molecule has 24 heavy (non-hydrogen) atoms. The molecule has 0 atom stereocenters. The summed E-state index contributed by atoms with van der Waals surface area (Å²) in [4.78, 5) is 24.0. The highest BCUT2D eigenvalue weighted by molar-refractivity contribution is 6.02. The highest BCUT2D eigenvalue weighted by atomic mass is 16.5. The van der Waals surface area contributed by atoms with Crippen molar-refractivity contribution in [1.82, 2.24) is 0 Å². The Balaban J connectivity index is 2.00. The number of hydrogen-bond donors (Lipinski definition) is 2. The molecule has 0 saturated heterocycles. The van der Waals surface area contributed by atoms with Crippen molar-refractivity contribution in [1.29, 1.82) is 5.26 Å². The van der Waals surface area contributed by atoms with E-state index in [0.717, 1.165) is 0 Å². The highest BCUT2D eigenvalue weighted by Gasteiger charge is 2.13. The summed E-state index contributed by atoms with van der Waals surface area (Å²) in [5.74, 6) is -0.794. The van der Waals surface area contributed by atoms with Crippen LogP contribution in [-0.2, 0) is 9.53 Å². The van der Waals surface area contributed by atoms with E-state index < -0.39 is 5.97 Å². The molecule has 0 fully saturated rings. The number of nitriles is 1. The topological polar surface area (TPSA) is 91.2 Å². The number of anilines is 2. The lowest BCUT2D eigenvalue weighted by Gasteiger charge is -2.11. The Morgan fingerprint density at radius 1 is 1.17 bits per heavy atom. The van der Waals surface area contributed by atoms with Gasteiger partial charge in [0.1, 0.15) is 0 Å².